The summed E-state index contributed by atoms with van der Waals surface area (Å²) in [6.07, 6.45) is 9.47. The van der Waals surface area contributed by atoms with E-state index in [1.807, 2.05) is 0 Å². The van der Waals surface area contributed by atoms with Gasteiger partial charge in [-0.1, -0.05) is 40.0 Å². The minimum atomic E-state index is -0.516. The molecule has 19 heavy (non-hydrogen) atoms. The van der Waals surface area contributed by atoms with Crippen LogP contribution in [0.3, 0.4) is 0 Å². The maximum atomic E-state index is 11.5. The molecule has 112 valence electrons. The summed E-state index contributed by atoms with van der Waals surface area (Å²) in [6, 6.07) is 0. The molecule has 0 saturated heterocycles. The van der Waals surface area contributed by atoms with E-state index in [2.05, 4.69) is 20.8 Å². The lowest BCUT2D eigenvalue weighted by Gasteiger charge is -2.56. The third kappa shape index (κ3) is 2.47. The van der Waals surface area contributed by atoms with Crippen molar-refractivity contribution in [2.24, 2.45) is 28.9 Å². The first-order valence-corrected chi connectivity index (χ1v) is 8.41. The lowest BCUT2D eigenvalue weighted by Crippen LogP contribution is -2.60. The summed E-state index contributed by atoms with van der Waals surface area (Å²) in [7, 11) is 0. The Morgan fingerprint density at radius 2 is 1.74 bits per heavy atom. The van der Waals surface area contributed by atoms with Crippen molar-refractivity contribution >= 4 is 0 Å². The molecule has 0 bridgehead atoms. The maximum absolute atomic E-state index is 11.5. The van der Waals surface area contributed by atoms with Gasteiger partial charge >= 0.3 is 0 Å². The number of nitrogens with two attached hydrogens (primary N) is 1. The molecule has 3 unspecified atom stereocenters. The molecule has 0 spiro atoms. The lowest BCUT2D eigenvalue weighted by molar-refractivity contribution is -0.169. The van der Waals surface area contributed by atoms with Crippen molar-refractivity contribution in [2.45, 2.75) is 77.7 Å². The molecule has 2 aliphatic carbocycles. The van der Waals surface area contributed by atoms with E-state index in [4.69, 9.17) is 5.73 Å². The smallest absolute Gasteiger partial charge is 0.0743 e. The Bertz CT molecular complexity index is 296. The maximum Gasteiger partial charge on any atom is 0.0743 e. The van der Waals surface area contributed by atoms with Gasteiger partial charge in [0.2, 0.25) is 0 Å². The molecule has 2 nitrogen and oxygen atoms in total. The Kier molecular flexibility index (Phi) is 4.62. The minimum Gasteiger partial charge on any atom is -0.389 e. The highest BCUT2D eigenvalue weighted by Crippen LogP contribution is 2.54. The van der Waals surface area contributed by atoms with E-state index in [9.17, 15) is 5.11 Å². The predicted molar refractivity (Wildman–Crippen MR) is 80.9 cm³/mol. The highest BCUT2D eigenvalue weighted by molar-refractivity contribution is 5.06. The van der Waals surface area contributed by atoms with Crippen LogP contribution < -0.4 is 5.73 Å². The second kappa shape index (κ2) is 5.73. The van der Waals surface area contributed by atoms with Gasteiger partial charge in [0, 0.05) is 12.0 Å². The van der Waals surface area contributed by atoms with E-state index in [1.165, 1.54) is 32.1 Å². The molecule has 3 N–H and O–H groups in total. The summed E-state index contributed by atoms with van der Waals surface area (Å²) in [5, 5.41) is 11.5. The standard InChI is InChI=1S/C17H33NO/c1-4-15-7-10-16(12-18,11-8-15)17(19)9-5-6-13(2)14(17)3/h13-15,19H,4-12,18H2,1-3H3. The van der Waals surface area contributed by atoms with Gasteiger partial charge in [-0.2, -0.15) is 0 Å². The average molecular weight is 267 g/mol. The Labute approximate surface area is 119 Å². The molecule has 2 heteroatoms. The molecule has 0 aromatic heterocycles. The van der Waals surface area contributed by atoms with Crippen molar-refractivity contribution in [3.63, 3.8) is 0 Å². The van der Waals surface area contributed by atoms with Crippen molar-refractivity contribution in [1.29, 1.82) is 0 Å². The molecule has 2 rings (SSSR count). The van der Waals surface area contributed by atoms with Crippen molar-refractivity contribution < 1.29 is 5.11 Å². The molecule has 0 radical (unpaired) electrons. The van der Waals surface area contributed by atoms with Gasteiger partial charge in [0.05, 0.1) is 5.60 Å². The van der Waals surface area contributed by atoms with Crippen LogP contribution in [-0.4, -0.2) is 17.3 Å². The molecule has 2 aliphatic rings. The number of rotatable bonds is 3. The van der Waals surface area contributed by atoms with E-state index in [0.29, 0.717) is 18.4 Å². The third-order valence-electron chi connectivity index (χ3n) is 6.77. The Morgan fingerprint density at radius 1 is 1.11 bits per heavy atom. The number of aliphatic hydroxyl groups is 1. The van der Waals surface area contributed by atoms with E-state index in [-0.39, 0.29) is 5.41 Å². The van der Waals surface area contributed by atoms with Gasteiger partial charge in [-0.3, -0.25) is 0 Å². The molecule has 2 fully saturated rings. The molecule has 0 amide bonds. The first-order chi connectivity index (χ1) is 8.99. The van der Waals surface area contributed by atoms with Crippen LogP contribution in [0.1, 0.15) is 72.1 Å². The Balaban J connectivity index is 2.20. The monoisotopic (exact) mass is 267 g/mol. The fourth-order valence-corrected chi connectivity index (χ4v) is 4.84. The van der Waals surface area contributed by atoms with Gasteiger partial charge in [-0.15, -0.1) is 0 Å². The van der Waals surface area contributed by atoms with Gasteiger partial charge < -0.3 is 10.8 Å². The van der Waals surface area contributed by atoms with Gasteiger partial charge in [0.1, 0.15) is 0 Å². The molecule has 0 aromatic carbocycles. The van der Waals surface area contributed by atoms with Crippen molar-refractivity contribution in [3.05, 3.63) is 0 Å². The summed E-state index contributed by atoms with van der Waals surface area (Å²) in [5.41, 5.74) is 5.67. The van der Waals surface area contributed by atoms with E-state index >= 15 is 0 Å². The fraction of sp³-hybridized carbons (Fsp3) is 1.00. The first-order valence-electron chi connectivity index (χ1n) is 8.41. The Hall–Kier alpha value is -0.0800. The molecule has 0 heterocycles. The SMILES string of the molecule is CCC1CCC(CN)(C2(O)CCCC(C)C2C)CC1. The van der Waals surface area contributed by atoms with Gasteiger partial charge in [0.15, 0.2) is 0 Å². The van der Waals surface area contributed by atoms with E-state index in [0.717, 1.165) is 25.2 Å². The second-order valence-electron chi connectivity index (χ2n) is 7.42. The number of hydrogen-bond acceptors (Lipinski definition) is 2. The summed E-state index contributed by atoms with van der Waals surface area (Å²) in [5.74, 6) is 1.88. The summed E-state index contributed by atoms with van der Waals surface area (Å²) < 4.78 is 0. The molecule has 2 saturated carbocycles. The molecular weight excluding hydrogens is 234 g/mol. The zero-order chi connectivity index (χ0) is 14.1. The minimum absolute atomic E-state index is 0.00718. The van der Waals surface area contributed by atoms with Gasteiger partial charge in [0.25, 0.3) is 0 Å². The fourth-order valence-electron chi connectivity index (χ4n) is 4.84. The topological polar surface area (TPSA) is 46.2 Å². The third-order valence-corrected chi connectivity index (χ3v) is 6.77. The summed E-state index contributed by atoms with van der Waals surface area (Å²) >= 11 is 0. The molecule has 0 aromatic rings. The average Bonchev–Trinajstić information content (AvgIpc) is 2.44. The first kappa shape index (κ1) is 15.3. The van der Waals surface area contributed by atoms with Crippen molar-refractivity contribution in [3.8, 4) is 0 Å². The van der Waals surface area contributed by atoms with Crippen molar-refractivity contribution in [2.75, 3.05) is 6.54 Å². The zero-order valence-electron chi connectivity index (χ0n) is 13.1. The van der Waals surface area contributed by atoms with Gasteiger partial charge in [-0.25, -0.2) is 0 Å². The van der Waals surface area contributed by atoms with E-state index in [1.54, 1.807) is 0 Å². The highest BCUT2D eigenvalue weighted by atomic mass is 16.3. The number of hydrogen-bond donors (Lipinski definition) is 2. The second-order valence-corrected chi connectivity index (χ2v) is 7.42. The van der Waals surface area contributed by atoms with Gasteiger partial charge in [-0.05, 0) is 49.9 Å². The van der Waals surface area contributed by atoms with Crippen LogP contribution in [-0.2, 0) is 0 Å². The quantitative estimate of drug-likeness (QED) is 0.818. The normalized spacial score (nSPS) is 48.2. The van der Waals surface area contributed by atoms with Crippen LogP contribution in [0.4, 0.5) is 0 Å². The molecule has 3 atom stereocenters. The van der Waals surface area contributed by atoms with E-state index < -0.39 is 5.60 Å². The Morgan fingerprint density at radius 3 is 2.26 bits per heavy atom. The lowest BCUT2D eigenvalue weighted by atomic mass is 9.52. The van der Waals surface area contributed by atoms with Crippen LogP contribution in [0.25, 0.3) is 0 Å². The summed E-state index contributed by atoms with van der Waals surface area (Å²) in [4.78, 5) is 0. The zero-order valence-corrected chi connectivity index (χ0v) is 13.1. The van der Waals surface area contributed by atoms with Crippen LogP contribution in [0, 0.1) is 23.2 Å². The molecule has 0 aliphatic heterocycles. The van der Waals surface area contributed by atoms with Crippen molar-refractivity contribution in [1.82, 2.24) is 0 Å². The molecular formula is C17H33NO. The predicted octanol–water partition coefficient (Wildman–Crippen LogP) is 3.72. The van der Waals surface area contributed by atoms with Crippen LogP contribution in [0.15, 0.2) is 0 Å². The van der Waals surface area contributed by atoms with Crippen LogP contribution >= 0.6 is 0 Å². The van der Waals surface area contributed by atoms with Crippen LogP contribution in [0.5, 0.6) is 0 Å². The highest BCUT2D eigenvalue weighted by Gasteiger charge is 2.55. The summed E-state index contributed by atoms with van der Waals surface area (Å²) in [6.45, 7) is 7.51. The largest absolute Gasteiger partial charge is 0.389 e. The van der Waals surface area contributed by atoms with Crippen LogP contribution in [0.2, 0.25) is 0 Å².